The highest BCUT2D eigenvalue weighted by Gasteiger charge is 2.54. The Morgan fingerprint density at radius 2 is 1.23 bits per heavy atom. The summed E-state index contributed by atoms with van der Waals surface area (Å²) >= 11 is 0. The average Bonchev–Trinajstić information content (AvgIpc) is 0.949. The molecule has 2 aromatic rings. The molecule has 0 unspecified atom stereocenters. The van der Waals surface area contributed by atoms with Crippen molar-refractivity contribution in [2.45, 2.75) is 209 Å². The quantitative estimate of drug-likeness (QED) is 0.228. The minimum absolute atomic E-state index is 0.00742. The summed E-state index contributed by atoms with van der Waals surface area (Å²) in [5, 5.41) is 19.8. The van der Waals surface area contributed by atoms with Gasteiger partial charge in [-0.05, 0) is 130 Å². The van der Waals surface area contributed by atoms with Crippen molar-refractivity contribution in [1.82, 2.24) is 60.0 Å². The van der Waals surface area contributed by atoms with Gasteiger partial charge >= 0.3 is 12.4 Å². The molecule has 2 aliphatic carbocycles. The van der Waals surface area contributed by atoms with E-state index in [0.717, 1.165) is 65.6 Å². The van der Waals surface area contributed by atoms with Crippen LogP contribution in [0.5, 0.6) is 0 Å². The van der Waals surface area contributed by atoms with Gasteiger partial charge in [0.15, 0.2) is 0 Å². The normalized spacial score (nSPS) is 26.7. The third-order valence-electron chi connectivity index (χ3n) is 22.3. The van der Waals surface area contributed by atoms with Crippen molar-refractivity contribution in [2.24, 2.45) is 17.8 Å². The van der Waals surface area contributed by atoms with Gasteiger partial charge < -0.3 is 69.9 Å². The molecule has 4 aliphatic heterocycles. The van der Waals surface area contributed by atoms with Crippen molar-refractivity contribution in [2.75, 3.05) is 94.8 Å². The Morgan fingerprint density at radius 1 is 0.620 bits per heavy atom. The minimum Gasteiger partial charge on any atom is -0.390 e. The number of benzene rings is 2. The zero-order chi connectivity index (χ0) is 79.8. The number of nitrogens with zero attached hydrogens (tertiary/aromatic N) is 9. The van der Waals surface area contributed by atoms with Crippen LogP contribution in [-0.2, 0) is 87.5 Å². The van der Waals surface area contributed by atoms with E-state index in [0.29, 0.717) is 50.7 Å². The fraction of sp³-hybridized carbons (Fsp3) is 0.676. The summed E-state index contributed by atoms with van der Waals surface area (Å²) in [6.07, 6.45) is -11.4. The van der Waals surface area contributed by atoms with Gasteiger partial charge in [0.2, 0.25) is 70.9 Å². The van der Waals surface area contributed by atoms with E-state index < -0.39 is 229 Å². The first-order valence-electron chi connectivity index (χ1n) is 37.0. The largest absolute Gasteiger partial charge is 0.422 e. The number of morpholine rings is 1. The van der Waals surface area contributed by atoms with E-state index in [9.17, 15) is 50.6 Å². The summed E-state index contributed by atoms with van der Waals surface area (Å²) in [7, 11) is 7.80. The second kappa shape index (κ2) is 35.9. The highest BCUT2D eigenvalue weighted by Crippen LogP contribution is 2.40. The Hall–Kier alpha value is -8.56. The van der Waals surface area contributed by atoms with Crippen molar-refractivity contribution in [3.8, 4) is 0 Å². The van der Waals surface area contributed by atoms with Crippen LogP contribution in [0.15, 0.2) is 36.4 Å². The molecular formula is C74H102F8N12O14. The molecule has 26 nitrogen and oxygen atoms in total. The average molecular weight is 1540 g/mol. The van der Waals surface area contributed by atoms with E-state index in [2.05, 4.69) is 16.0 Å². The lowest BCUT2D eigenvalue weighted by molar-refractivity contribution is -0.159. The predicted octanol–water partition coefficient (Wildman–Crippen LogP) is 4.30. The summed E-state index contributed by atoms with van der Waals surface area (Å²) in [6, 6.07) is -7.74. The maximum Gasteiger partial charge on any atom is 0.422 e. The molecule has 2 saturated carbocycles. The van der Waals surface area contributed by atoms with Gasteiger partial charge in [-0.15, -0.1) is 0 Å². The van der Waals surface area contributed by atoms with Gasteiger partial charge in [0.1, 0.15) is 71.1 Å². The molecule has 108 heavy (non-hydrogen) atoms. The molecule has 34 heteroatoms. The molecule has 4 heterocycles. The Bertz CT molecular complexity index is 3620. The number of halogens is 8. The number of rotatable bonds is 11. The van der Waals surface area contributed by atoms with Crippen molar-refractivity contribution in [1.29, 1.82) is 0 Å². The van der Waals surface area contributed by atoms with Crippen LogP contribution in [0.1, 0.15) is 146 Å². The van der Waals surface area contributed by atoms with Crippen LogP contribution in [0.25, 0.3) is 0 Å². The van der Waals surface area contributed by atoms with Crippen molar-refractivity contribution >= 4 is 70.9 Å². The van der Waals surface area contributed by atoms with E-state index >= 15 is 47.1 Å². The summed E-state index contributed by atoms with van der Waals surface area (Å²) in [5.41, 5.74) is -5.37. The number of likely N-dealkylation sites (N-methyl/N-ethyl adjacent to an activating group) is 6. The number of alkyl halides is 6. The first-order chi connectivity index (χ1) is 50.7. The van der Waals surface area contributed by atoms with Crippen molar-refractivity contribution in [3.63, 3.8) is 0 Å². The molecule has 6 fully saturated rings. The summed E-state index contributed by atoms with van der Waals surface area (Å²) in [6.45, 7) is 5.27. The smallest absolute Gasteiger partial charge is 0.390 e. The number of carbonyl (C=O) groups excluding carboxylic acids is 12. The number of amides is 12. The van der Waals surface area contributed by atoms with Crippen molar-refractivity contribution < 1.29 is 103 Å². The van der Waals surface area contributed by atoms with Crippen LogP contribution in [-0.4, -0.2) is 275 Å². The molecule has 0 aromatic heterocycles. The van der Waals surface area contributed by atoms with Crippen LogP contribution in [0, 0.1) is 29.4 Å². The molecule has 6 aliphatic rings. The highest BCUT2D eigenvalue weighted by atomic mass is 19.4. The lowest BCUT2D eigenvalue weighted by atomic mass is 9.74. The molecule has 598 valence electrons. The SMILES string of the molecule is CC[C@H](C)[C@@H]1NC(=O)[C@H](CC(C)C)N(C)C(=O)C[C@@H](C(=O)N2CCOCC2)N(C)C(=O)[C@H](C2CCCC2)N(C)C(=O)C2(CCC2)NC(=O)[C@@H]2[C@H](O)CCN2C(=O)[C@@H](CCc2cc(F)c(C(F)(F)F)c(F)c2)NC(=O)CN(C)C(=O)[C@H](Cc2ccc(C(F)(F)F)cc2)N2CCCC[C@@H](C2=O)N(C)C(=O)CN(C)C1=O. The molecule has 4 N–H and O–H groups in total. The second-order valence-corrected chi connectivity index (χ2v) is 30.2. The standard InChI is InChI=1S/C74H102F8N12O14/c1-11-43(4)60-69(105)87(6)41-58(98)88(7)51-19-14-15-29-93(68(51)104)54(38-44-20-23-47(24-21-44)73(77,78)79)66(102)86(5)40-56(96)83-50(25-22-45-36-48(75)59(49(76)37-45)74(80,81)82)65(101)94-30-26-55(95)62(94)64(100)85-72(27-16-28-72)71(107)91(10)61(46-17-12-13-18-46)70(106)90(9)53(67(103)92-31-33-108-34-32-92)39-57(97)89(8)52(35-42(2)3)63(99)84-60/h20-21,23-24,36-37,42-43,46,50-55,60-62,95H,11-19,22,25-35,38-41H2,1-10H3,(H,83,96)(H,84,99)(H,85,100)/t43-,50+,51-,52-,53-,54-,55+,60-,61-,62-/m0/s1. The maximum atomic E-state index is 15.6. The van der Waals surface area contributed by atoms with E-state index in [-0.39, 0.29) is 89.3 Å². The van der Waals surface area contributed by atoms with E-state index in [1.807, 2.05) is 0 Å². The fourth-order valence-electron chi connectivity index (χ4n) is 15.5. The topological polar surface area (TPSA) is 300 Å². The van der Waals surface area contributed by atoms with Crippen LogP contribution < -0.4 is 16.0 Å². The third-order valence-corrected chi connectivity index (χ3v) is 22.3. The number of aliphatic hydroxyl groups is 1. The molecule has 8 rings (SSSR count). The number of hydrogen-bond acceptors (Lipinski definition) is 14. The van der Waals surface area contributed by atoms with Gasteiger partial charge in [-0.2, -0.15) is 26.3 Å². The van der Waals surface area contributed by atoms with Gasteiger partial charge in [0.25, 0.3) is 0 Å². The molecule has 2 bridgehead atoms. The molecule has 12 amide bonds. The van der Waals surface area contributed by atoms with Gasteiger partial charge in [-0.3, -0.25) is 57.5 Å². The van der Waals surface area contributed by atoms with E-state index in [1.165, 1.54) is 45.0 Å². The fourth-order valence-corrected chi connectivity index (χ4v) is 15.5. The number of fused-ring (bicyclic) bond motifs is 3. The zero-order valence-corrected chi connectivity index (χ0v) is 62.9. The van der Waals surface area contributed by atoms with Crippen LogP contribution in [0.3, 0.4) is 0 Å². The van der Waals surface area contributed by atoms with E-state index in [4.69, 9.17) is 4.74 Å². The minimum atomic E-state index is -5.47. The number of hydrogen-bond donors (Lipinski definition) is 4. The molecule has 0 radical (unpaired) electrons. The summed E-state index contributed by atoms with van der Waals surface area (Å²) in [4.78, 5) is 191. The maximum absolute atomic E-state index is 15.6. The molecule has 10 atom stereocenters. The Balaban J connectivity index is 1.21. The Labute approximate surface area is 623 Å². The van der Waals surface area contributed by atoms with Gasteiger partial charge in [-0.25, -0.2) is 8.78 Å². The van der Waals surface area contributed by atoms with Crippen LogP contribution in [0.2, 0.25) is 0 Å². The first kappa shape index (κ1) is 85.1. The number of ether oxygens (including phenoxy) is 1. The zero-order valence-electron chi connectivity index (χ0n) is 62.9. The molecule has 4 saturated heterocycles. The Morgan fingerprint density at radius 3 is 1.81 bits per heavy atom. The van der Waals surface area contributed by atoms with Crippen LogP contribution >= 0.6 is 0 Å². The summed E-state index contributed by atoms with van der Waals surface area (Å²) < 4.78 is 119. The molecule has 1 spiro atoms. The van der Waals surface area contributed by atoms with Gasteiger partial charge in [0, 0.05) is 74.9 Å². The predicted molar refractivity (Wildman–Crippen MR) is 373 cm³/mol. The molecule has 2 aromatic carbocycles. The number of nitrogens with one attached hydrogen (secondary N) is 3. The third kappa shape index (κ3) is 19.7. The number of carbonyl (C=O) groups is 12. The van der Waals surface area contributed by atoms with Gasteiger partial charge in [0.05, 0.1) is 44.4 Å². The summed E-state index contributed by atoms with van der Waals surface area (Å²) in [5.74, 6) is -15.8. The van der Waals surface area contributed by atoms with E-state index in [1.54, 1.807) is 27.7 Å². The lowest BCUT2D eigenvalue weighted by Crippen LogP contribution is -2.69. The lowest BCUT2D eigenvalue weighted by Gasteiger charge is -2.47. The highest BCUT2D eigenvalue weighted by molar-refractivity contribution is 6.01. The number of aryl methyl sites for hydroxylation is 1. The Kier molecular flexibility index (Phi) is 28.2. The second-order valence-electron chi connectivity index (χ2n) is 30.2. The van der Waals surface area contributed by atoms with Crippen LogP contribution in [0.4, 0.5) is 35.1 Å². The monoisotopic (exact) mass is 1530 g/mol. The molecular weight excluding hydrogens is 1430 g/mol. The first-order valence-corrected chi connectivity index (χ1v) is 37.0. The number of aliphatic hydroxyl groups excluding tert-OH is 1. The van der Waals surface area contributed by atoms with Gasteiger partial charge in [-0.1, -0.05) is 59.1 Å². The van der Waals surface area contributed by atoms with Crippen molar-refractivity contribution in [3.05, 3.63) is 70.3 Å².